The van der Waals surface area contributed by atoms with Crippen LogP contribution < -0.4 is 5.14 Å². The van der Waals surface area contributed by atoms with E-state index in [-0.39, 0.29) is 4.90 Å². The van der Waals surface area contributed by atoms with Gasteiger partial charge in [-0.15, -0.1) is 0 Å². The summed E-state index contributed by atoms with van der Waals surface area (Å²) < 4.78 is 36.0. The van der Waals surface area contributed by atoms with Crippen molar-refractivity contribution >= 4 is 21.2 Å². The molecule has 4 nitrogen and oxygen atoms in total. The minimum absolute atomic E-state index is 0.107. The molecule has 2 aromatic rings. The lowest BCUT2D eigenvalue weighted by Crippen LogP contribution is -2.11. The number of hydrogen-bond acceptors (Lipinski definition) is 3. The van der Waals surface area contributed by atoms with Crippen LogP contribution in [0.1, 0.15) is 36.8 Å². The monoisotopic (exact) mass is 344 g/mol. The fourth-order valence-electron chi connectivity index (χ4n) is 3.51. The zero-order valence-electron chi connectivity index (χ0n) is 13.0. The van der Waals surface area contributed by atoms with E-state index < -0.39 is 16.0 Å². The third kappa shape index (κ3) is 2.76. The number of hydrogen-bond donors (Lipinski definition) is 1. The molecule has 1 spiro atoms. The van der Waals surface area contributed by atoms with Gasteiger partial charge in [0.25, 0.3) is 0 Å². The zero-order valence-corrected chi connectivity index (χ0v) is 13.8. The molecule has 2 aliphatic carbocycles. The molecule has 1 aromatic heterocycles. The first-order chi connectivity index (χ1) is 11.4. The number of halogens is 1. The Hall–Kier alpha value is -2.05. The van der Waals surface area contributed by atoms with Crippen LogP contribution in [0.4, 0.5) is 4.39 Å². The highest BCUT2D eigenvalue weighted by Gasteiger charge is 2.48. The van der Waals surface area contributed by atoms with Gasteiger partial charge < -0.3 is 0 Å². The van der Waals surface area contributed by atoms with E-state index in [1.807, 2.05) is 0 Å². The summed E-state index contributed by atoms with van der Waals surface area (Å²) in [4.78, 5) is 3.88. The van der Waals surface area contributed by atoms with Gasteiger partial charge in [-0.2, -0.15) is 4.39 Å². The highest BCUT2D eigenvalue weighted by atomic mass is 32.2. The maximum Gasteiger partial charge on any atom is 0.238 e. The molecule has 0 saturated heterocycles. The lowest BCUT2D eigenvalue weighted by molar-refractivity contribution is 0.567. The summed E-state index contributed by atoms with van der Waals surface area (Å²) in [6, 6.07) is 9.81. The fraction of sp³-hybridized carbons (Fsp3) is 0.278. The molecule has 124 valence electrons. The maximum atomic E-state index is 13.1. The summed E-state index contributed by atoms with van der Waals surface area (Å²) >= 11 is 0. The van der Waals surface area contributed by atoms with E-state index in [9.17, 15) is 12.8 Å². The molecule has 0 amide bonds. The van der Waals surface area contributed by atoms with Gasteiger partial charge in [0, 0.05) is 6.20 Å². The van der Waals surface area contributed by atoms with Gasteiger partial charge in [0.15, 0.2) is 0 Å². The van der Waals surface area contributed by atoms with Crippen molar-refractivity contribution in [1.82, 2.24) is 4.98 Å². The summed E-state index contributed by atoms with van der Waals surface area (Å²) in [5, 5.41) is 5.16. The van der Waals surface area contributed by atoms with Crippen LogP contribution in [-0.2, 0) is 10.0 Å². The van der Waals surface area contributed by atoms with Gasteiger partial charge >= 0.3 is 0 Å². The van der Waals surface area contributed by atoms with Crippen molar-refractivity contribution in [1.29, 1.82) is 0 Å². The fourth-order valence-corrected chi connectivity index (χ4v) is 4.02. The van der Waals surface area contributed by atoms with Crippen LogP contribution in [0.2, 0.25) is 0 Å². The van der Waals surface area contributed by atoms with E-state index in [4.69, 9.17) is 5.14 Å². The number of allylic oxidation sites excluding steroid dienone is 2. The molecule has 0 bridgehead atoms. The highest BCUT2D eigenvalue weighted by molar-refractivity contribution is 7.89. The second-order valence-corrected chi connectivity index (χ2v) is 8.31. The second-order valence-electron chi connectivity index (χ2n) is 6.75. The molecule has 2 N–H and O–H groups in total. The number of sulfonamides is 1. The Kier molecular flexibility index (Phi) is 3.37. The quantitative estimate of drug-likeness (QED) is 0.868. The van der Waals surface area contributed by atoms with Gasteiger partial charge in [-0.1, -0.05) is 12.1 Å². The van der Waals surface area contributed by atoms with Crippen LogP contribution >= 0.6 is 0 Å². The first kappa shape index (κ1) is 15.5. The van der Waals surface area contributed by atoms with E-state index in [0.29, 0.717) is 5.41 Å². The molecule has 1 heterocycles. The van der Waals surface area contributed by atoms with Crippen molar-refractivity contribution in [3.8, 4) is 0 Å². The third-order valence-electron chi connectivity index (χ3n) is 5.03. The molecular formula is C18H17FN2O2S. The molecule has 2 aliphatic rings. The van der Waals surface area contributed by atoms with Crippen LogP contribution in [0.5, 0.6) is 0 Å². The van der Waals surface area contributed by atoms with Crippen molar-refractivity contribution < 1.29 is 12.8 Å². The van der Waals surface area contributed by atoms with E-state index in [2.05, 4.69) is 4.98 Å². The number of rotatable bonds is 3. The predicted molar refractivity (Wildman–Crippen MR) is 89.7 cm³/mol. The third-order valence-corrected chi connectivity index (χ3v) is 5.96. The van der Waals surface area contributed by atoms with Crippen molar-refractivity contribution in [2.45, 2.75) is 30.6 Å². The minimum atomic E-state index is -3.69. The number of primary sulfonamides is 1. The van der Waals surface area contributed by atoms with E-state index in [0.717, 1.165) is 24.0 Å². The SMILES string of the molecule is NS(=O)(=O)c1ccc(C2=C(c3ccc(F)nc3)CC3(CC3)C2)cc1. The molecular weight excluding hydrogens is 327 g/mol. The smallest absolute Gasteiger partial charge is 0.228 e. The first-order valence-electron chi connectivity index (χ1n) is 7.84. The number of pyridine rings is 1. The van der Waals surface area contributed by atoms with Gasteiger partial charge in [0.2, 0.25) is 16.0 Å². The Labute approximate surface area is 140 Å². The van der Waals surface area contributed by atoms with Crippen molar-refractivity contribution in [2.24, 2.45) is 10.6 Å². The zero-order chi connectivity index (χ0) is 16.9. The molecule has 0 radical (unpaired) electrons. The van der Waals surface area contributed by atoms with E-state index in [1.165, 1.54) is 42.2 Å². The summed E-state index contributed by atoms with van der Waals surface area (Å²) in [5.41, 5.74) is 4.64. The lowest BCUT2D eigenvalue weighted by atomic mass is 9.98. The largest absolute Gasteiger partial charge is 0.238 e. The molecule has 0 unspecified atom stereocenters. The van der Waals surface area contributed by atoms with Crippen molar-refractivity contribution in [2.75, 3.05) is 0 Å². The summed E-state index contributed by atoms with van der Waals surface area (Å²) in [5.74, 6) is -0.488. The predicted octanol–water partition coefficient (Wildman–Crippen LogP) is 3.35. The Morgan fingerprint density at radius 2 is 1.54 bits per heavy atom. The van der Waals surface area contributed by atoms with Gasteiger partial charge in [-0.3, -0.25) is 0 Å². The molecule has 24 heavy (non-hydrogen) atoms. The summed E-state index contributed by atoms with van der Waals surface area (Å²) in [6.45, 7) is 0. The Bertz CT molecular complexity index is 928. The number of nitrogens with two attached hydrogens (primary N) is 1. The Morgan fingerprint density at radius 3 is 2.04 bits per heavy atom. The van der Waals surface area contributed by atoms with Crippen LogP contribution in [0.3, 0.4) is 0 Å². The maximum absolute atomic E-state index is 13.1. The average Bonchev–Trinajstić information content (AvgIpc) is 3.19. The van der Waals surface area contributed by atoms with Crippen LogP contribution in [-0.4, -0.2) is 13.4 Å². The van der Waals surface area contributed by atoms with Crippen molar-refractivity contribution in [3.63, 3.8) is 0 Å². The highest BCUT2D eigenvalue weighted by Crippen LogP contribution is 2.63. The minimum Gasteiger partial charge on any atom is -0.228 e. The van der Waals surface area contributed by atoms with Crippen LogP contribution in [0, 0.1) is 11.4 Å². The first-order valence-corrected chi connectivity index (χ1v) is 9.38. The van der Waals surface area contributed by atoms with Crippen molar-refractivity contribution in [3.05, 3.63) is 59.7 Å². The Morgan fingerprint density at radius 1 is 0.958 bits per heavy atom. The Balaban J connectivity index is 1.77. The van der Waals surface area contributed by atoms with Crippen LogP contribution in [0.25, 0.3) is 11.1 Å². The normalized spacial score (nSPS) is 19.1. The van der Waals surface area contributed by atoms with Crippen LogP contribution in [0.15, 0.2) is 47.5 Å². The van der Waals surface area contributed by atoms with Gasteiger partial charge in [0.05, 0.1) is 4.90 Å². The molecule has 0 aliphatic heterocycles. The lowest BCUT2D eigenvalue weighted by Gasteiger charge is -2.09. The van der Waals surface area contributed by atoms with Gasteiger partial charge in [-0.25, -0.2) is 18.5 Å². The second kappa shape index (κ2) is 5.22. The molecule has 4 rings (SSSR count). The average molecular weight is 344 g/mol. The number of nitrogens with zero attached hydrogens (tertiary/aromatic N) is 1. The molecule has 6 heteroatoms. The summed E-state index contributed by atoms with van der Waals surface area (Å²) in [6.07, 6.45) is 5.90. The number of aromatic nitrogens is 1. The summed E-state index contributed by atoms with van der Waals surface area (Å²) in [7, 11) is -3.69. The number of benzene rings is 1. The molecule has 1 fully saturated rings. The van der Waals surface area contributed by atoms with Gasteiger partial charge in [0.1, 0.15) is 0 Å². The van der Waals surface area contributed by atoms with E-state index in [1.54, 1.807) is 24.4 Å². The molecule has 1 saturated carbocycles. The van der Waals surface area contributed by atoms with E-state index >= 15 is 0 Å². The van der Waals surface area contributed by atoms with Gasteiger partial charge in [-0.05, 0) is 77.6 Å². The topological polar surface area (TPSA) is 73.1 Å². The standard InChI is InChI=1S/C18H17FN2O2S/c19-17-6-3-13(11-21-17)16-10-18(7-8-18)9-15(16)12-1-4-14(5-2-12)24(20,22)23/h1-6,11H,7-10H2,(H2,20,22,23). The molecule has 1 aromatic carbocycles. The molecule has 0 atom stereocenters.